The number of fused-ring (bicyclic) bond motifs is 1. The molecule has 0 amide bonds. The Labute approximate surface area is 110 Å². The number of nitrogens with zero attached hydrogens (tertiary/aromatic N) is 2. The van der Waals surface area contributed by atoms with Crippen molar-refractivity contribution in [2.24, 2.45) is 0 Å². The molecule has 7 heteroatoms. The van der Waals surface area contributed by atoms with Crippen molar-refractivity contribution in [2.45, 2.75) is 17.8 Å². The van der Waals surface area contributed by atoms with Crippen LogP contribution in [0.25, 0.3) is 10.2 Å². The van der Waals surface area contributed by atoms with Crippen LogP contribution in [-0.4, -0.2) is 15.1 Å². The molecule has 0 bridgehead atoms. The van der Waals surface area contributed by atoms with Crippen LogP contribution in [0.3, 0.4) is 0 Å². The molecular formula is C11H9N3O2S2. The maximum absolute atomic E-state index is 11.7. The highest BCUT2D eigenvalue weighted by atomic mass is 32.2. The van der Waals surface area contributed by atoms with E-state index in [0.717, 1.165) is 16.3 Å². The van der Waals surface area contributed by atoms with E-state index in [4.69, 9.17) is 4.52 Å². The van der Waals surface area contributed by atoms with Crippen molar-refractivity contribution < 1.29 is 4.52 Å². The minimum absolute atomic E-state index is 0.0995. The highest BCUT2D eigenvalue weighted by Gasteiger charge is 2.07. The van der Waals surface area contributed by atoms with Crippen LogP contribution < -0.4 is 5.56 Å². The molecule has 3 heterocycles. The normalized spacial score (nSPS) is 11.2. The zero-order chi connectivity index (χ0) is 12.5. The van der Waals surface area contributed by atoms with Gasteiger partial charge in [0.15, 0.2) is 5.16 Å². The molecule has 0 atom stereocenters. The van der Waals surface area contributed by atoms with Crippen molar-refractivity contribution in [2.75, 3.05) is 0 Å². The van der Waals surface area contributed by atoms with Crippen LogP contribution in [0.2, 0.25) is 0 Å². The second kappa shape index (κ2) is 4.58. The van der Waals surface area contributed by atoms with Crippen LogP contribution in [0.1, 0.15) is 11.5 Å². The Bertz CT molecular complexity index is 744. The number of thioether (sulfide) groups is 1. The summed E-state index contributed by atoms with van der Waals surface area (Å²) in [6.45, 7) is 1.87. The summed E-state index contributed by atoms with van der Waals surface area (Å²) in [5.41, 5.74) is 0.748. The average molecular weight is 279 g/mol. The molecule has 0 radical (unpaired) electrons. The van der Waals surface area contributed by atoms with Crippen molar-refractivity contribution in [3.05, 3.63) is 39.3 Å². The summed E-state index contributed by atoms with van der Waals surface area (Å²) in [7, 11) is 0. The number of nitrogens with one attached hydrogen (secondary N) is 1. The van der Waals surface area contributed by atoms with Gasteiger partial charge in [0.2, 0.25) is 0 Å². The number of H-pyrrole nitrogens is 1. The topological polar surface area (TPSA) is 71.8 Å². The van der Waals surface area contributed by atoms with Crippen LogP contribution in [0.5, 0.6) is 0 Å². The molecule has 18 heavy (non-hydrogen) atoms. The summed E-state index contributed by atoms with van der Waals surface area (Å²) in [5, 5.41) is 6.91. The minimum Gasteiger partial charge on any atom is -0.360 e. The Hall–Kier alpha value is -1.60. The van der Waals surface area contributed by atoms with Gasteiger partial charge in [-0.05, 0) is 18.4 Å². The number of thiophene rings is 1. The van der Waals surface area contributed by atoms with Crippen molar-refractivity contribution in [1.29, 1.82) is 0 Å². The zero-order valence-electron chi connectivity index (χ0n) is 9.47. The molecule has 0 aliphatic rings. The summed E-state index contributed by atoms with van der Waals surface area (Å²) < 4.78 is 5.10. The van der Waals surface area contributed by atoms with Gasteiger partial charge in [-0.25, -0.2) is 4.98 Å². The second-order valence-electron chi connectivity index (χ2n) is 3.73. The number of aryl methyl sites for hydroxylation is 1. The van der Waals surface area contributed by atoms with E-state index in [1.54, 1.807) is 6.07 Å². The van der Waals surface area contributed by atoms with E-state index < -0.39 is 0 Å². The quantitative estimate of drug-likeness (QED) is 0.589. The predicted octanol–water partition coefficient (Wildman–Crippen LogP) is 2.57. The fraction of sp³-hybridized carbons (Fsp3) is 0.182. The Morgan fingerprint density at radius 3 is 3.22 bits per heavy atom. The summed E-state index contributed by atoms with van der Waals surface area (Å²) in [4.78, 5) is 19.6. The average Bonchev–Trinajstić information content (AvgIpc) is 2.95. The molecule has 0 saturated heterocycles. The van der Waals surface area contributed by atoms with Gasteiger partial charge in [-0.1, -0.05) is 16.9 Å². The number of aromatic nitrogens is 3. The van der Waals surface area contributed by atoms with E-state index >= 15 is 0 Å². The minimum atomic E-state index is -0.0995. The highest BCUT2D eigenvalue weighted by Crippen LogP contribution is 2.22. The van der Waals surface area contributed by atoms with Gasteiger partial charge in [0.1, 0.15) is 10.6 Å². The molecular weight excluding hydrogens is 270 g/mol. The smallest absolute Gasteiger partial charge is 0.260 e. The Balaban J connectivity index is 1.84. The first-order chi connectivity index (χ1) is 8.72. The van der Waals surface area contributed by atoms with Gasteiger partial charge < -0.3 is 9.51 Å². The molecule has 0 unspecified atom stereocenters. The summed E-state index contributed by atoms with van der Waals surface area (Å²) in [6, 6.07) is 3.65. The molecule has 3 aromatic rings. The SMILES string of the molecule is Cc1cc(CSc2nc3sccc3c(=O)[nH]2)on1. The number of hydrogen-bond acceptors (Lipinski definition) is 6. The zero-order valence-corrected chi connectivity index (χ0v) is 11.1. The molecule has 1 N–H and O–H groups in total. The largest absolute Gasteiger partial charge is 0.360 e. The van der Waals surface area contributed by atoms with Crippen molar-refractivity contribution in [3.8, 4) is 0 Å². The second-order valence-corrected chi connectivity index (χ2v) is 5.59. The summed E-state index contributed by atoms with van der Waals surface area (Å²) in [6.07, 6.45) is 0. The molecule has 0 fully saturated rings. The van der Waals surface area contributed by atoms with Gasteiger partial charge >= 0.3 is 0 Å². The third-order valence-corrected chi connectivity index (χ3v) is 4.04. The number of aromatic amines is 1. The lowest BCUT2D eigenvalue weighted by atomic mass is 10.4. The molecule has 0 aliphatic heterocycles. The lowest BCUT2D eigenvalue weighted by molar-refractivity contribution is 0.391. The van der Waals surface area contributed by atoms with Crippen LogP contribution in [0.4, 0.5) is 0 Å². The number of hydrogen-bond donors (Lipinski definition) is 1. The Morgan fingerprint density at radius 2 is 2.44 bits per heavy atom. The van der Waals surface area contributed by atoms with E-state index in [2.05, 4.69) is 15.1 Å². The fourth-order valence-electron chi connectivity index (χ4n) is 1.54. The van der Waals surface area contributed by atoms with Gasteiger partial charge in [-0.3, -0.25) is 4.79 Å². The monoisotopic (exact) mass is 279 g/mol. The van der Waals surface area contributed by atoms with Gasteiger partial charge in [0, 0.05) is 6.07 Å². The number of rotatable bonds is 3. The van der Waals surface area contributed by atoms with Gasteiger partial charge in [0.25, 0.3) is 5.56 Å². The first-order valence-electron chi connectivity index (χ1n) is 5.25. The van der Waals surface area contributed by atoms with Crippen molar-refractivity contribution >= 4 is 33.3 Å². The van der Waals surface area contributed by atoms with Crippen LogP contribution in [0.15, 0.2) is 32.0 Å². The van der Waals surface area contributed by atoms with E-state index in [1.165, 1.54) is 23.1 Å². The first kappa shape index (κ1) is 11.5. The van der Waals surface area contributed by atoms with E-state index in [-0.39, 0.29) is 5.56 Å². The van der Waals surface area contributed by atoms with Gasteiger partial charge in [0.05, 0.1) is 16.8 Å². The molecule has 5 nitrogen and oxygen atoms in total. The highest BCUT2D eigenvalue weighted by molar-refractivity contribution is 7.98. The molecule has 0 spiro atoms. The molecule has 0 aromatic carbocycles. The van der Waals surface area contributed by atoms with Crippen LogP contribution >= 0.6 is 23.1 Å². The van der Waals surface area contributed by atoms with Gasteiger partial charge in [-0.15, -0.1) is 11.3 Å². The third kappa shape index (κ3) is 2.19. The fourth-order valence-corrected chi connectivity index (χ4v) is 3.10. The predicted molar refractivity (Wildman–Crippen MR) is 71.0 cm³/mol. The van der Waals surface area contributed by atoms with Crippen molar-refractivity contribution in [3.63, 3.8) is 0 Å². The lowest BCUT2D eigenvalue weighted by Crippen LogP contribution is -2.07. The van der Waals surface area contributed by atoms with Crippen molar-refractivity contribution in [1.82, 2.24) is 15.1 Å². The molecule has 92 valence electrons. The first-order valence-corrected chi connectivity index (χ1v) is 7.11. The molecule has 0 aliphatic carbocycles. The van der Waals surface area contributed by atoms with E-state index in [9.17, 15) is 4.79 Å². The maximum atomic E-state index is 11.7. The maximum Gasteiger partial charge on any atom is 0.260 e. The lowest BCUT2D eigenvalue weighted by Gasteiger charge is -1.97. The molecule has 3 rings (SSSR count). The molecule has 0 saturated carbocycles. The Morgan fingerprint density at radius 1 is 1.56 bits per heavy atom. The van der Waals surface area contributed by atoms with E-state index in [1.807, 2.05) is 18.4 Å². The summed E-state index contributed by atoms with van der Waals surface area (Å²) >= 11 is 2.89. The third-order valence-electron chi connectivity index (χ3n) is 2.34. The van der Waals surface area contributed by atoms with Crippen LogP contribution in [0, 0.1) is 6.92 Å². The van der Waals surface area contributed by atoms with E-state index in [0.29, 0.717) is 16.3 Å². The summed E-state index contributed by atoms with van der Waals surface area (Å²) in [5.74, 6) is 1.37. The molecule has 3 aromatic heterocycles. The Kier molecular flexibility index (Phi) is 2.92. The van der Waals surface area contributed by atoms with Gasteiger partial charge in [-0.2, -0.15) is 0 Å². The van der Waals surface area contributed by atoms with Crippen LogP contribution in [-0.2, 0) is 5.75 Å². The standard InChI is InChI=1S/C11H9N3O2S2/c1-6-4-7(16-14-6)5-18-11-12-9(15)8-2-3-17-10(8)13-11/h2-4H,5H2,1H3,(H,12,13,15).